The fourth-order valence-corrected chi connectivity index (χ4v) is 4.03. The molecule has 0 radical (unpaired) electrons. The Morgan fingerprint density at radius 3 is 2.59 bits per heavy atom. The van der Waals surface area contributed by atoms with Gasteiger partial charge in [-0.3, -0.25) is 14.6 Å². The highest BCUT2D eigenvalue weighted by atomic mass is 35.5. The van der Waals surface area contributed by atoms with Gasteiger partial charge in [0.2, 0.25) is 0 Å². The summed E-state index contributed by atoms with van der Waals surface area (Å²) in [5.41, 5.74) is 0.907. The smallest absolute Gasteiger partial charge is 0.295 e. The average Bonchev–Trinajstić information content (AvgIpc) is 3.41. The lowest BCUT2D eigenvalue weighted by Crippen LogP contribution is -2.31. The van der Waals surface area contributed by atoms with E-state index in [-0.39, 0.29) is 16.9 Å². The zero-order valence-corrected chi connectivity index (χ0v) is 18.1. The molecule has 1 N–H and O–H groups in total. The number of rotatable bonds is 7. The molecule has 1 aliphatic rings. The van der Waals surface area contributed by atoms with Gasteiger partial charge < -0.3 is 19.3 Å². The van der Waals surface area contributed by atoms with E-state index >= 15 is 0 Å². The van der Waals surface area contributed by atoms with Crippen molar-refractivity contribution in [3.63, 3.8) is 0 Å². The van der Waals surface area contributed by atoms with E-state index in [1.807, 2.05) is 10.8 Å². The highest BCUT2D eigenvalue weighted by Gasteiger charge is 2.46. The Balaban J connectivity index is 1.76. The third-order valence-corrected chi connectivity index (χ3v) is 5.59. The van der Waals surface area contributed by atoms with E-state index in [4.69, 9.17) is 16.3 Å². The van der Waals surface area contributed by atoms with Crippen molar-refractivity contribution in [1.82, 2.24) is 19.4 Å². The normalized spacial score (nSPS) is 17.7. The van der Waals surface area contributed by atoms with Crippen LogP contribution >= 0.6 is 11.6 Å². The largest absolute Gasteiger partial charge is 0.507 e. The van der Waals surface area contributed by atoms with Crippen molar-refractivity contribution in [3.8, 4) is 5.75 Å². The van der Waals surface area contributed by atoms with Gasteiger partial charge >= 0.3 is 0 Å². The quantitative estimate of drug-likeness (QED) is 0.335. The Kier molecular flexibility index (Phi) is 6.23. The van der Waals surface area contributed by atoms with Crippen molar-refractivity contribution in [1.29, 1.82) is 0 Å². The van der Waals surface area contributed by atoms with Gasteiger partial charge in [0, 0.05) is 42.9 Å². The van der Waals surface area contributed by atoms with Crippen molar-refractivity contribution >= 4 is 29.1 Å². The van der Waals surface area contributed by atoms with Gasteiger partial charge in [-0.2, -0.15) is 0 Å². The van der Waals surface area contributed by atoms with Crippen molar-refractivity contribution in [2.45, 2.75) is 19.0 Å². The summed E-state index contributed by atoms with van der Waals surface area (Å²) in [5.74, 6) is -1.41. The van der Waals surface area contributed by atoms with Crippen molar-refractivity contribution < 1.29 is 19.4 Å². The number of benzene rings is 1. The molecule has 1 atom stereocenters. The maximum atomic E-state index is 13.1. The number of amides is 1. The molecule has 32 heavy (non-hydrogen) atoms. The number of imidazole rings is 1. The number of aliphatic hydroxyl groups is 1. The predicted octanol–water partition coefficient (Wildman–Crippen LogP) is 3.45. The molecule has 3 heterocycles. The Morgan fingerprint density at radius 1 is 1.12 bits per heavy atom. The second-order valence-corrected chi connectivity index (χ2v) is 7.71. The number of ketones is 1. The minimum atomic E-state index is -0.760. The first-order chi connectivity index (χ1) is 15.5. The van der Waals surface area contributed by atoms with Gasteiger partial charge in [-0.15, -0.1) is 0 Å². The molecule has 1 fully saturated rings. The van der Waals surface area contributed by atoms with E-state index in [2.05, 4.69) is 9.97 Å². The number of likely N-dealkylation sites (tertiary alicyclic amines) is 1. The minimum absolute atomic E-state index is 0.00982. The summed E-state index contributed by atoms with van der Waals surface area (Å²) in [6.45, 7) is 0.952. The molecule has 1 aliphatic heterocycles. The molecule has 0 saturated carbocycles. The van der Waals surface area contributed by atoms with Crippen LogP contribution in [0.25, 0.3) is 5.76 Å². The van der Waals surface area contributed by atoms with Crippen LogP contribution in [0.4, 0.5) is 0 Å². The van der Waals surface area contributed by atoms with Crippen LogP contribution in [-0.2, 0) is 16.1 Å². The first-order valence-electron chi connectivity index (χ1n) is 9.99. The van der Waals surface area contributed by atoms with Gasteiger partial charge in [-0.25, -0.2) is 4.98 Å². The van der Waals surface area contributed by atoms with Crippen LogP contribution in [0.5, 0.6) is 5.75 Å². The highest BCUT2D eigenvalue weighted by Crippen LogP contribution is 2.41. The second kappa shape index (κ2) is 9.23. The summed E-state index contributed by atoms with van der Waals surface area (Å²) < 4.78 is 7.23. The van der Waals surface area contributed by atoms with E-state index in [1.54, 1.807) is 49.2 Å². The Morgan fingerprint density at radius 2 is 1.91 bits per heavy atom. The lowest BCUT2D eigenvalue weighted by Gasteiger charge is -2.25. The first kappa shape index (κ1) is 21.6. The fourth-order valence-electron chi connectivity index (χ4n) is 3.86. The number of nitrogens with zero attached hydrogens (tertiary/aromatic N) is 4. The molecule has 9 heteroatoms. The molecule has 8 nitrogen and oxygen atoms in total. The summed E-state index contributed by atoms with van der Waals surface area (Å²) in [6, 6.07) is 7.41. The molecule has 3 aromatic rings. The van der Waals surface area contributed by atoms with Gasteiger partial charge in [0.1, 0.15) is 11.5 Å². The zero-order chi connectivity index (χ0) is 22.7. The third-order valence-electron chi connectivity index (χ3n) is 5.35. The van der Waals surface area contributed by atoms with Gasteiger partial charge in [0.25, 0.3) is 11.7 Å². The fraction of sp³-hybridized carbons (Fsp3) is 0.217. The number of aliphatic hydroxyl groups excluding tert-OH is 1. The monoisotopic (exact) mass is 452 g/mol. The molecular formula is C23H21ClN4O4. The molecule has 4 rings (SSSR count). The van der Waals surface area contributed by atoms with E-state index < -0.39 is 17.7 Å². The van der Waals surface area contributed by atoms with Crippen LogP contribution in [0.15, 0.2) is 67.0 Å². The topological polar surface area (TPSA) is 97.6 Å². The van der Waals surface area contributed by atoms with E-state index in [9.17, 15) is 14.7 Å². The van der Waals surface area contributed by atoms with Crippen LogP contribution in [0.3, 0.4) is 0 Å². The molecule has 0 unspecified atom stereocenters. The maximum absolute atomic E-state index is 13.1. The summed E-state index contributed by atoms with van der Waals surface area (Å²) in [6.07, 6.45) is 8.98. The Labute approximate surface area is 189 Å². The van der Waals surface area contributed by atoms with Crippen LogP contribution in [0.2, 0.25) is 5.02 Å². The van der Waals surface area contributed by atoms with E-state index in [1.165, 1.54) is 18.1 Å². The molecule has 2 aromatic heterocycles. The SMILES string of the molecule is COc1ccc(Cl)cc1/C(O)=C1\C(=O)C(=O)N(CCCn2ccnc2)[C@H]1c1ccncc1. The Bertz CT molecular complexity index is 1160. The number of hydrogen-bond acceptors (Lipinski definition) is 6. The van der Waals surface area contributed by atoms with E-state index in [0.717, 1.165) is 0 Å². The van der Waals surface area contributed by atoms with Gasteiger partial charge in [0.15, 0.2) is 0 Å². The molecular weight excluding hydrogens is 432 g/mol. The number of aryl methyl sites for hydroxylation is 1. The summed E-state index contributed by atoms with van der Waals surface area (Å²) in [7, 11) is 1.45. The Hall–Kier alpha value is -3.65. The van der Waals surface area contributed by atoms with Gasteiger partial charge in [-0.05, 0) is 42.3 Å². The third kappa shape index (κ3) is 4.09. The van der Waals surface area contributed by atoms with Crippen LogP contribution < -0.4 is 4.74 Å². The van der Waals surface area contributed by atoms with Gasteiger partial charge in [-0.1, -0.05) is 11.6 Å². The molecule has 0 bridgehead atoms. The average molecular weight is 453 g/mol. The maximum Gasteiger partial charge on any atom is 0.295 e. The number of Topliss-reactive ketones (excluding diaryl/α,β-unsaturated/α-hetero) is 1. The predicted molar refractivity (Wildman–Crippen MR) is 118 cm³/mol. The lowest BCUT2D eigenvalue weighted by atomic mass is 9.95. The summed E-state index contributed by atoms with van der Waals surface area (Å²) in [4.78, 5) is 35.6. The highest BCUT2D eigenvalue weighted by molar-refractivity contribution is 6.46. The van der Waals surface area contributed by atoms with Gasteiger partial charge in [0.05, 0.1) is 30.6 Å². The second-order valence-electron chi connectivity index (χ2n) is 7.27. The van der Waals surface area contributed by atoms with Crippen LogP contribution in [0.1, 0.15) is 23.6 Å². The van der Waals surface area contributed by atoms with Crippen LogP contribution in [0, 0.1) is 0 Å². The van der Waals surface area contributed by atoms with Crippen molar-refractivity contribution in [3.05, 3.63) is 83.2 Å². The summed E-state index contributed by atoms with van der Waals surface area (Å²) >= 11 is 6.12. The molecule has 164 valence electrons. The number of aromatic nitrogens is 3. The number of carbonyl (C=O) groups is 2. The zero-order valence-electron chi connectivity index (χ0n) is 17.3. The number of hydrogen-bond donors (Lipinski definition) is 1. The number of pyridine rings is 1. The molecule has 1 aromatic carbocycles. The molecule has 1 saturated heterocycles. The first-order valence-corrected chi connectivity index (χ1v) is 10.4. The summed E-state index contributed by atoms with van der Waals surface area (Å²) in [5, 5.41) is 11.5. The number of halogens is 1. The molecule has 0 aliphatic carbocycles. The van der Waals surface area contributed by atoms with Crippen LogP contribution in [-0.4, -0.2) is 49.9 Å². The van der Waals surface area contributed by atoms with Crippen molar-refractivity contribution in [2.75, 3.05) is 13.7 Å². The standard InChI is InChI=1S/C23H21ClN4O4/c1-32-18-4-3-16(24)13-17(18)21(29)19-20(15-5-7-25-8-6-15)28(23(31)22(19)30)11-2-10-27-12-9-26-14-27/h3-9,12-14,20,29H,2,10-11H2,1H3/b21-19+/t20-/m0/s1. The number of carbonyl (C=O) groups excluding carboxylic acids is 2. The molecule has 0 spiro atoms. The van der Waals surface area contributed by atoms with Crippen molar-refractivity contribution in [2.24, 2.45) is 0 Å². The number of methoxy groups -OCH3 is 1. The lowest BCUT2D eigenvalue weighted by molar-refractivity contribution is -0.139. The number of ether oxygens (including phenoxy) is 1. The minimum Gasteiger partial charge on any atom is -0.507 e. The van der Waals surface area contributed by atoms with E-state index in [0.29, 0.717) is 35.8 Å². The molecule has 1 amide bonds.